The summed E-state index contributed by atoms with van der Waals surface area (Å²) in [5.41, 5.74) is 3.83. The van der Waals surface area contributed by atoms with Crippen LogP contribution in [0.15, 0.2) is 23.2 Å². The van der Waals surface area contributed by atoms with Crippen molar-refractivity contribution in [1.82, 2.24) is 10.6 Å². The largest absolute Gasteiger partial charge is 0.378 e. The minimum atomic E-state index is 0.797. The maximum atomic E-state index is 4.24. The fraction of sp³-hybridized carbons (Fsp3) is 0.562. The van der Waals surface area contributed by atoms with Crippen LogP contribution in [-0.4, -0.2) is 33.6 Å². The van der Waals surface area contributed by atoms with Crippen LogP contribution in [0.2, 0.25) is 0 Å². The summed E-state index contributed by atoms with van der Waals surface area (Å²) < 4.78 is 0. The van der Waals surface area contributed by atoms with E-state index in [0.717, 1.165) is 25.5 Å². The van der Waals surface area contributed by atoms with Crippen LogP contribution in [0.3, 0.4) is 0 Å². The van der Waals surface area contributed by atoms with Crippen molar-refractivity contribution in [1.29, 1.82) is 0 Å². The molecule has 0 saturated carbocycles. The number of nitrogens with zero attached hydrogens (tertiary/aromatic N) is 2. The molecular weight excluding hydrogens is 248 g/mol. The molecule has 4 heteroatoms. The molecule has 0 aliphatic heterocycles. The Hall–Kier alpha value is -1.71. The molecule has 0 aliphatic carbocycles. The zero-order valence-corrected chi connectivity index (χ0v) is 13.5. The smallest absolute Gasteiger partial charge is 0.191 e. The van der Waals surface area contributed by atoms with E-state index in [-0.39, 0.29) is 0 Å². The minimum absolute atomic E-state index is 0.797. The summed E-state index contributed by atoms with van der Waals surface area (Å²) in [4.78, 5) is 6.36. The van der Waals surface area contributed by atoms with Crippen LogP contribution in [0.1, 0.15) is 30.9 Å². The van der Waals surface area contributed by atoms with Crippen LogP contribution in [0.25, 0.3) is 0 Å². The van der Waals surface area contributed by atoms with E-state index in [1.165, 1.54) is 23.2 Å². The fourth-order valence-corrected chi connectivity index (χ4v) is 1.94. The Balaban J connectivity index is 2.56. The molecule has 0 saturated heterocycles. The third kappa shape index (κ3) is 5.11. The van der Waals surface area contributed by atoms with Gasteiger partial charge >= 0.3 is 0 Å². The van der Waals surface area contributed by atoms with E-state index in [2.05, 4.69) is 66.7 Å². The molecule has 4 nitrogen and oxygen atoms in total. The fourth-order valence-electron chi connectivity index (χ4n) is 1.94. The highest BCUT2D eigenvalue weighted by atomic mass is 15.2. The molecule has 1 aromatic rings. The number of hydrogen-bond donors (Lipinski definition) is 2. The maximum Gasteiger partial charge on any atom is 0.191 e. The first kappa shape index (κ1) is 16.3. The molecule has 0 aromatic heterocycles. The number of guanidine groups is 1. The van der Waals surface area contributed by atoms with Crippen molar-refractivity contribution >= 4 is 11.6 Å². The molecule has 1 aromatic carbocycles. The molecule has 112 valence electrons. The van der Waals surface area contributed by atoms with E-state index >= 15 is 0 Å². The van der Waals surface area contributed by atoms with Crippen molar-refractivity contribution in [2.24, 2.45) is 4.99 Å². The molecule has 0 heterocycles. The number of hydrogen-bond acceptors (Lipinski definition) is 2. The molecule has 2 N–H and O–H groups in total. The van der Waals surface area contributed by atoms with E-state index in [1.54, 1.807) is 0 Å². The first-order valence-corrected chi connectivity index (χ1v) is 7.29. The number of unbranched alkanes of at least 4 members (excludes halogenated alkanes) is 1. The second kappa shape index (κ2) is 8.46. The second-order valence-corrected chi connectivity index (χ2v) is 5.21. The van der Waals surface area contributed by atoms with Gasteiger partial charge in [0.05, 0.1) is 0 Å². The molecular formula is C16H28N4. The van der Waals surface area contributed by atoms with Crippen molar-refractivity contribution in [3.05, 3.63) is 29.3 Å². The first-order valence-electron chi connectivity index (χ1n) is 7.29. The van der Waals surface area contributed by atoms with E-state index in [1.807, 2.05) is 7.05 Å². The summed E-state index contributed by atoms with van der Waals surface area (Å²) in [6, 6.07) is 6.54. The number of benzene rings is 1. The quantitative estimate of drug-likeness (QED) is 0.476. The molecule has 0 unspecified atom stereocenters. The van der Waals surface area contributed by atoms with Gasteiger partial charge in [-0.1, -0.05) is 19.4 Å². The van der Waals surface area contributed by atoms with Crippen LogP contribution in [0, 0.1) is 6.92 Å². The highest BCUT2D eigenvalue weighted by Gasteiger charge is 2.03. The molecule has 0 amide bonds. The predicted molar refractivity (Wildman–Crippen MR) is 88.6 cm³/mol. The van der Waals surface area contributed by atoms with Gasteiger partial charge in [0, 0.05) is 39.9 Å². The standard InChI is InChI=1S/C16H28N4/c1-6-7-10-18-16(17-3)19-12-14-8-9-15(20(4)5)11-13(14)2/h8-9,11H,6-7,10,12H2,1-5H3,(H2,17,18,19). The Morgan fingerprint density at radius 1 is 1.25 bits per heavy atom. The van der Waals surface area contributed by atoms with Crippen LogP contribution >= 0.6 is 0 Å². The molecule has 20 heavy (non-hydrogen) atoms. The topological polar surface area (TPSA) is 39.7 Å². The lowest BCUT2D eigenvalue weighted by atomic mass is 10.1. The number of nitrogens with one attached hydrogen (secondary N) is 2. The lowest BCUT2D eigenvalue weighted by molar-refractivity contribution is 0.728. The third-order valence-corrected chi connectivity index (χ3v) is 3.34. The van der Waals surface area contributed by atoms with Crippen LogP contribution in [0.5, 0.6) is 0 Å². The molecule has 0 fully saturated rings. The molecule has 0 spiro atoms. The van der Waals surface area contributed by atoms with Crippen molar-refractivity contribution in [3.63, 3.8) is 0 Å². The summed E-state index contributed by atoms with van der Waals surface area (Å²) in [6.45, 7) is 6.10. The monoisotopic (exact) mass is 276 g/mol. The Morgan fingerprint density at radius 2 is 2.00 bits per heavy atom. The Morgan fingerprint density at radius 3 is 2.55 bits per heavy atom. The summed E-state index contributed by atoms with van der Waals surface area (Å²) in [6.07, 6.45) is 2.35. The van der Waals surface area contributed by atoms with Gasteiger partial charge in [0.2, 0.25) is 0 Å². The van der Waals surface area contributed by atoms with E-state index < -0.39 is 0 Å². The summed E-state index contributed by atoms with van der Waals surface area (Å²) in [5.74, 6) is 0.870. The SMILES string of the molecule is CCCCNC(=NC)NCc1ccc(N(C)C)cc1C. The van der Waals surface area contributed by atoms with Crippen LogP contribution in [-0.2, 0) is 6.54 Å². The van der Waals surface area contributed by atoms with Crippen molar-refractivity contribution < 1.29 is 0 Å². The van der Waals surface area contributed by atoms with Gasteiger partial charge in [0.25, 0.3) is 0 Å². The number of rotatable bonds is 6. The summed E-state index contributed by atoms with van der Waals surface area (Å²) >= 11 is 0. The number of aryl methyl sites for hydroxylation is 1. The predicted octanol–water partition coefficient (Wildman–Crippen LogP) is 2.53. The number of anilines is 1. The normalized spacial score (nSPS) is 11.3. The molecule has 0 aliphatic rings. The minimum Gasteiger partial charge on any atom is -0.378 e. The zero-order chi connectivity index (χ0) is 15.0. The highest BCUT2D eigenvalue weighted by molar-refractivity contribution is 5.79. The van der Waals surface area contributed by atoms with Gasteiger partial charge in [0.1, 0.15) is 0 Å². The first-order chi connectivity index (χ1) is 9.58. The third-order valence-electron chi connectivity index (χ3n) is 3.34. The summed E-state index contributed by atoms with van der Waals surface area (Å²) in [5, 5.41) is 6.68. The lowest BCUT2D eigenvalue weighted by Gasteiger charge is -2.16. The van der Waals surface area contributed by atoms with Crippen molar-refractivity contribution in [2.75, 3.05) is 32.6 Å². The molecule has 1 rings (SSSR count). The van der Waals surface area contributed by atoms with Gasteiger partial charge in [-0.05, 0) is 36.6 Å². The van der Waals surface area contributed by atoms with E-state index in [0.29, 0.717) is 0 Å². The molecule has 0 radical (unpaired) electrons. The van der Waals surface area contributed by atoms with Gasteiger partial charge in [0.15, 0.2) is 5.96 Å². The molecule has 0 bridgehead atoms. The zero-order valence-electron chi connectivity index (χ0n) is 13.5. The second-order valence-electron chi connectivity index (χ2n) is 5.21. The maximum absolute atomic E-state index is 4.24. The van der Waals surface area contributed by atoms with Crippen LogP contribution in [0.4, 0.5) is 5.69 Å². The average molecular weight is 276 g/mol. The van der Waals surface area contributed by atoms with Gasteiger partial charge in [-0.15, -0.1) is 0 Å². The van der Waals surface area contributed by atoms with Gasteiger partial charge < -0.3 is 15.5 Å². The van der Waals surface area contributed by atoms with Gasteiger partial charge in [-0.25, -0.2) is 0 Å². The Labute approximate surface area is 123 Å². The van der Waals surface area contributed by atoms with Crippen molar-refractivity contribution in [2.45, 2.75) is 33.2 Å². The van der Waals surface area contributed by atoms with E-state index in [9.17, 15) is 0 Å². The average Bonchev–Trinajstić information content (AvgIpc) is 2.43. The summed E-state index contributed by atoms with van der Waals surface area (Å²) in [7, 11) is 5.93. The Kier molecular flexibility index (Phi) is 6.91. The van der Waals surface area contributed by atoms with Gasteiger partial charge in [-0.3, -0.25) is 4.99 Å². The number of aliphatic imine (C=N–C) groups is 1. The van der Waals surface area contributed by atoms with E-state index in [4.69, 9.17) is 0 Å². The van der Waals surface area contributed by atoms with Crippen LogP contribution < -0.4 is 15.5 Å². The van der Waals surface area contributed by atoms with Gasteiger partial charge in [-0.2, -0.15) is 0 Å². The van der Waals surface area contributed by atoms with Crippen molar-refractivity contribution in [3.8, 4) is 0 Å². The lowest BCUT2D eigenvalue weighted by Crippen LogP contribution is -2.37. The molecule has 0 atom stereocenters. The Bertz CT molecular complexity index is 438. The highest BCUT2D eigenvalue weighted by Crippen LogP contribution is 2.17.